The van der Waals surface area contributed by atoms with Crippen molar-refractivity contribution in [2.24, 2.45) is 5.73 Å². The Bertz CT molecular complexity index is 474. The third-order valence-electron chi connectivity index (χ3n) is 2.45. The fraction of sp³-hybridized carbons (Fsp3) is 0.250. The van der Waals surface area contributed by atoms with Crippen LogP contribution in [-0.4, -0.2) is 40.1 Å². The molecule has 5 N–H and O–H groups in total. The second kappa shape index (κ2) is 6.50. The summed E-state index contributed by atoms with van der Waals surface area (Å²) in [5.74, 6) is -3.24. The summed E-state index contributed by atoms with van der Waals surface area (Å²) in [5.41, 5.74) is 5.54. The third kappa shape index (κ3) is 4.40. The van der Waals surface area contributed by atoms with Crippen molar-refractivity contribution in [2.75, 3.05) is 0 Å². The molecule has 0 aromatic heterocycles. The van der Waals surface area contributed by atoms with Crippen molar-refractivity contribution in [1.29, 1.82) is 0 Å². The van der Waals surface area contributed by atoms with Gasteiger partial charge in [0, 0.05) is 12.0 Å². The lowest BCUT2D eigenvalue weighted by Gasteiger charge is -2.16. The Kier molecular flexibility index (Phi) is 5.01. The molecule has 7 heteroatoms. The highest BCUT2D eigenvalue weighted by molar-refractivity contribution is 5.96. The maximum Gasteiger partial charge on any atom is 0.326 e. The summed E-state index contributed by atoms with van der Waals surface area (Å²) in [4.78, 5) is 33.3. The molecule has 7 nitrogen and oxygen atoms in total. The van der Waals surface area contributed by atoms with E-state index in [0.717, 1.165) is 0 Å². The van der Waals surface area contributed by atoms with Crippen LogP contribution >= 0.6 is 0 Å². The molecule has 102 valence electrons. The molecule has 19 heavy (non-hydrogen) atoms. The molecule has 1 aromatic carbocycles. The number of nitrogens with one attached hydrogen (secondary N) is 1. The van der Waals surface area contributed by atoms with Gasteiger partial charge in [0.05, 0.1) is 0 Å². The number of amides is 1. The van der Waals surface area contributed by atoms with Gasteiger partial charge in [-0.1, -0.05) is 18.2 Å². The van der Waals surface area contributed by atoms with Gasteiger partial charge >= 0.3 is 11.9 Å². The Labute approximate surface area is 109 Å². The molecule has 0 saturated carbocycles. The Morgan fingerprint density at radius 3 is 2.16 bits per heavy atom. The maximum atomic E-state index is 11.7. The zero-order valence-electron chi connectivity index (χ0n) is 9.95. The minimum Gasteiger partial charge on any atom is -0.480 e. The lowest BCUT2D eigenvalue weighted by molar-refractivity contribution is -0.141. The predicted molar refractivity (Wildman–Crippen MR) is 65.6 cm³/mol. The van der Waals surface area contributed by atoms with Crippen LogP contribution in [0.2, 0.25) is 0 Å². The number of rotatable bonds is 6. The molecule has 0 radical (unpaired) electrons. The van der Waals surface area contributed by atoms with Crippen LogP contribution in [0.1, 0.15) is 16.8 Å². The maximum absolute atomic E-state index is 11.7. The van der Waals surface area contributed by atoms with E-state index in [1.165, 1.54) is 12.1 Å². The highest BCUT2D eigenvalue weighted by Crippen LogP contribution is 2.02. The lowest BCUT2D eigenvalue weighted by Crippen LogP contribution is -2.46. The molecule has 0 aliphatic heterocycles. The van der Waals surface area contributed by atoms with Crippen LogP contribution in [0.5, 0.6) is 0 Å². The number of nitrogens with two attached hydrogens (primary N) is 1. The number of carbonyl (C=O) groups excluding carboxylic acids is 1. The molecule has 0 aliphatic carbocycles. The summed E-state index contributed by atoms with van der Waals surface area (Å²) in [5, 5.41) is 19.8. The van der Waals surface area contributed by atoms with Gasteiger partial charge in [-0.15, -0.1) is 0 Å². The number of hydrogen-bond acceptors (Lipinski definition) is 4. The Hall–Kier alpha value is -2.41. The Morgan fingerprint density at radius 1 is 1.11 bits per heavy atom. The summed E-state index contributed by atoms with van der Waals surface area (Å²) in [6.07, 6.45) is -0.386. The average molecular weight is 266 g/mol. The van der Waals surface area contributed by atoms with Gasteiger partial charge < -0.3 is 21.3 Å². The topological polar surface area (TPSA) is 130 Å². The minimum atomic E-state index is -1.35. The largest absolute Gasteiger partial charge is 0.480 e. The summed E-state index contributed by atoms with van der Waals surface area (Å²) in [6.45, 7) is 0. The monoisotopic (exact) mass is 266 g/mol. The zero-order valence-corrected chi connectivity index (χ0v) is 9.95. The number of carboxylic acid groups (broad SMARTS) is 2. The molecule has 0 spiro atoms. The van der Waals surface area contributed by atoms with Crippen molar-refractivity contribution < 1.29 is 24.6 Å². The van der Waals surface area contributed by atoms with E-state index < -0.39 is 29.9 Å². The van der Waals surface area contributed by atoms with Crippen molar-refractivity contribution in [3.63, 3.8) is 0 Å². The number of benzene rings is 1. The van der Waals surface area contributed by atoms with E-state index in [4.69, 9.17) is 15.9 Å². The summed E-state index contributed by atoms with van der Waals surface area (Å²) >= 11 is 0. The summed E-state index contributed by atoms with van der Waals surface area (Å²) in [6, 6.07) is 5.32. The molecule has 1 amide bonds. The second-order valence-electron chi connectivity index (χ2n) is 3.91. The predicted octanol–water partition coefficient (Wildman–Crippen LogP) is -0.328. The van der Waals surface area contributed by atoms with E-state index in [-0.39, 0.29) is 12.0 Å². The molecule has 1 unspecified atom stereocenters. The molecule has 0 bridgehead atoms. The van der Waals surface area contributed by atoms with Gasteiger partial charge in [0.25, 0.3) is 5.91 Å². The van der Waals surface area contributed by atoms with E-state index in [2.05, 4.69) is 5.32 Å². The average Bonchev–Trinajstić information content (AvgIpc) is 2.38. The standard InChI is InChI=1S/C12H14N2O5/c13-8(11(16)17)6-9(12(18)19)14-10(15)7-4-2-1-3-5-7/h1-5,8-9H,6,13H2,(H,14,15)(H,16,17)(H,18,19)/t8?,9-/m0/s1. The van der Waals surface area contributed by atoms with Crippen molar-refractivity contribution in [2.45, 2.75) is 18.5 Å². The molecule has 0 fully saturated rings. The van der Waals surface area contributed by atoms with Gasteiger partial charge in [0.1, 0.15) is 12.1 Å². The van der Waals surface area contributed by atoms with E-state index >= 15 is 0 Å². The molecular weight excluding hydrogens is 252 g/mol. The fourth-order valence-corrected chi connectivity index (χ4v) is 1.41. The van der Waals surface area contributed by atoms with Gasteiger partial charge in [-0.3, -0.25) is 9.59 Å². The van der Waals surface area contributed by atoms with E-state index in [1.54, 1.807) is 18.2 Å². The first-order valence-corrected chi connectivity index (χ1v) is 5.49. The molecule has 1 rings (SSSR count). The number of hydrogen-bond donors (Lipinski definition) is 4. The summed E-state index contributed by atoms with van der Waals surface area (Å²) < 4.78 is 0. The first-order valence-electron chi connectivity index (χ1n) is 5.49. The van der Waals surface area contributed by atoms with Crippen LogP contribution in [0.4, 0.5) is 0 Å². The summed E-state index contributed by atoms with van der Waals surface area (Å²) in [7, 11) is 0. The molecular formula is C12H14N2O5. The van der Waals surface area contributed by atoms with Crippen LogP contribution in [0.3, 0.4) is 0 Å². The molecule has 0 aliphatic rings. The fourth-order valence-electron chi connectivity index (χ4n) is 1.41. The Morgan fingerprint density at radius 2 is 1.68 bits per heavy atom. The van der Waals surface area contributed by atoms with Gasteiger partial charge in [0.2, 0.25) is 0 Å². The third-order valence-corrected chi connectivity index (χ3v) is 2.45. The number of aliphatic carboxylic acids is 2. The quantitative estimate of drug-likeness (QED) is 0.558. The minimum absolute atomic E-state index is 0.289. The van der Waals surface area contributed by atoms with Crippen LogP contribution in [0.25, 0.3) is 0 Å². The van der Waals surface area contributed by atoms with Gasteiger partial charge in [-0.2, -0.15) is 0 Å². The first kappa shape index (κ1) is 14.7. The van der Waals surface area contributed by atoms with E-state index in [0.29, 0.717) is 0 Å². The van der Waals surface area contributed by atoms with Crippen molar-refractivity contribution in [1.82, 2.24) is 5.32 Å². The van der Waals surface area contributed by atoms with Gasteiger partial charge in [-0.05, 0) is 12.1 Å². The van der Waals surface area contributed by atoms with Crippen LogP contribution < -0.4 is 11.1 Å². The van der Waals surface area contributed by atoms with E-state index in [9.17, 15) is 14.4 Å². The molecule has 1 aromatic rings. The smallest absolute Gasteiger partial charge is 0.326 e. The zero-order chi connectivity index (χ0) is 14.4. The second-order valence-corrected chi connectivity index (χ2v) is 3.91. The number of carboxylic acids is 2. The number of carbonyl (C=O) groups is 3. The van der Waals surface area contributed by atoms with Crippen molar-refractivity contribution in [3.8, 4) is 0 Å². The lowest BCUT2D eigenvalue weighted by atomic mass is 10.1. The van der Waals surface area contributed by atoms with Gasteiger partial charge in [0.15, 0.2) is 0 Å². The first-order chi connectivity index (χ1) is 8.91. The Balaban J connectivity index is 2.72. The van der Waals surface area contributed by atoms with E-state index in [1.807, 2.05) is 0 Å². The molecule has 2 atom stereocenters. The van der Waals surface area contributed by atoms with Gasteiger partial charge in [-0.25, -0.2) is 4.79 Å². The highest BCUT2D eigenvalue weighted by atomic mass is 16.4. The molecule has 0 saturated heterocycles. The van der Waals surface area contributed by atoms with Crippen LogP contribution in [0, 0.1) is 0 Å². The van der Waals surface area contributed by atoms with Crippen LogP contribution in [0.15, 0.2) is 30.3 Å². The highest BCUT2D eigenvalue weighted by Gasteiger charge is 2.26. The molecule has 0 heterocycles. The van der Waals surface area contributed by atoms with Crippen molar-refractivity contribution >= 4 is 17.8 Å². The normalized spacial score (nSPS) is 13.3. The van der Waals surface area contributed by atoms with Crippen LogP contribution in [-0.2, 0) is 9.59 Å². The van der Waals surface area contributed by atoms with Crippen molar-refractivity contribution in [3.05, 3.63) is 35.9 Å². The SMILES string of the molecule is NC(C[C@H](NC(=O)c1ccccc1)C(=O)O)C(=O)O.